The van der Waals surface area contributed by atoms with Crippen molar-refractivity contribution in [1.29, 1.82) is 0 Å². The van der Waals surface area contributed by atoms with Crippen molar-refractivity contribution in [3.63, 3.8) is 0 Å². The average Bonchev–Trinajstić information content (AvgIpc) is 2.53. The molecule has 1 aliphatic rings. The Hall–Kier alpha value is -1.95. The van der Waals surface area contributed by atoms with Gasteiger partial charge in [-0.3, -0.25) is 4.90 Å². The largest absolute Gasteiger partial charge is 0.497 e. The number of benzene rings is 1. The van der Waals surface area contributed by atoms with Crippen LogP contribution in [0.4, 0.5) is 5.69 Å². The van der Waals surface area contributed by atoms with Gasteiger partial charge < -0.3 is 20.6 Å². The van der Waals surface area contributed by atoms with Crippen LogP contribution in [0.15, 0.2) is 29.4 Å². The highest BCUT2D eigenvalue weighted by atomic mass is 16.5. The van der Waals surface area contributed by atoms with Crippen LogP contribution >= 0.6 is 0 Å². The molecule has 1 saturated heterocycles. The molecule has 3 N–H and O–H groups in total. The van der Waals surface area contributed by atoms with Gasteiger partial charge in [0.15, 0.2) is 5.84 Å². The fourth-order valence-electron chi connectivity index (χ4n) is 2.45. The number of piperazine rings is 1. The van der Waals surface area contributed by atoms with E-state index in [9.17, 15) is 0 Å². The van der Waals surface area contributed by atoms with E-state index in [0.29, 0.717) is 0 Å². The normalized spacial score (nSPS) is 18.9. The third kappa shape index (κ3) is 3.14. The number of hydrogen-bond donors (Lipinski definition) is 2. The van der Waals surface area contributed by atoms with Crippen LogP contribution in [0.2, 0.25) is 0 Å². The van der Waals surface area contributed by atoms with Gasteiger partial charge in [-0.25, -0.2) is 0 Å². The zero-order valence-electron chi connectivity index (χ0n) is 12.0. The molecule has 0 spiro atoms. The van der Waals surface area contributed by atoms with Gasteiger partial charge in [-0.15, -0.1) is 0 Å². The second kappa shape index (κ2) is 6.47. The molecule has 1 aromatic carbocycles. The fraction of sp³-hybridized carbons (Fsp3) is 0.500. The predicted octanol–water partition coefficient (Wildman–Crippen LogP) is 0.952. The summed E-state index contributed by atoms with van der Waals surface area (Å²) in [6, 6.07) is 8.04. The number of rotatable bonds is 4. The number of anilines is 1. The highest BCUT2D eigenvalue weighted by Gasteiger charge is 2.23. The second-order valence-corrected chi connectivity index (χ2v) is 4.93. The van der Waals surface area contributed by atoms with Gasteiger partial charge in [-0.2, -0.15) is 0 Å². The van der Waals surface area contributed by atoms with E-state index in [1.165, 1.54) is 5.69 Å². The van der Waals surface area contributed by atoms with Crippen molar-refractivity contribution in [3.8, 4) is 5.75 Å². The summed E-state index contributed by atoms with van der Waals surface area (Å²) in [5.74, 6) is 1.13. The fourth-order valence-corrected chi connectivity index (χ4v) is 2.45. The lowest BCUT2D eigenvalue weighted by Gasteiger charge is -2.38. The number of amidine groups is 1. The minimum Gasteiger partial charge on any atom is -0.497 e. The summed E-state index contributed by atoms with van der Waals surface area (Å²) in [6.45, 7) is 5.55. The van der Waals surface area contributed by atoms with Crippen LogP contribution in [0.3, 0.4) is 0 Å². The smallest absolute Gasteiger partial charge is 0.156 e. The SMILES string of the molecule is COc1cccc(N2CCN(C(C)C(N)=NO)CC2)c1. The van der Waals surface area contributed by atoms with Crippen molar-refractivity contribution in [1.82, 2.24) is 4.90 Å². The molecular formula is C14H22N4O2. The Bertz CT molecular complexity index is 470. The van der Waals surface area contributed by atoms with Crippen molar-refractivity contribution in [2.45, 2.75) is 13.0 Å². The summed E-state index contributed by atoms with van der Waals surface area (Å²) >= 11 is 0. The monoisotopic (exact) mass is 278 g/mol. The van der Waals surface area contributed by atoms with E-state index in [4.69, 9.17) is 15.7 Å². The van der Waals surface area contributed by atoms with E-state index in [-0.39, 0.29) is 11.9 Å². The molecule has 110 valence electrons. The Morgan fingerprint density at radius 3 is 2.65 bits per heavy atom. The van der Waals surface area contributed by atoms with Crippen molar-refractivity contribution >= 4 is 11.5 Å². The van der Waals surface area contributed by atoms with E-state index in [1.807, 2.05) is 25.1 Å². The van der Waals surface area contributed by atoms with Gasteiger partial charge in [-0.05, 0) is 19.1 Å². The summed E-state index contributed by atoms with van der Waals surface area (Å²) in [4.78, 5) is 4.53. The standard InChI is InChI=1S/C14H22N4O2/c1-11(14(15)16-19)17-6-8-18(9-7-17)12-4-3-5-13(10-12)20-2/h3-5,10-11,19H,6-9H2,1-2H3,(H2,15,16). The van der Waals surface area contributed by atoms with Gasteiger partial charge in [0.25, 0.3) is 0 Å². The molecule has 0 radical (unpaired) electrons. The van der Waals surface area contributed by atoms with E-state index < -0.39 is 0 Å². The molecule has 1 fully saturated rings. The molecule has 6 heteroatoms. The lowest BCUT2D eigenvalue weighted by Crippen LogP contribution is -2.53. The number of ether oxygens (including phenoxy) is 1. The van der Waals surface area contributed by atoms with E-state index >= 15 is 0 Å². The molecule has 1 aliphatic heterocycles. The van der Waals surface area contributed by atoms with E-state index in [0.717, 1.165) is 31.9 Å². The summed E-state index contributed by atoms with van der Waals surface area (Å²) in [5.41, 5.74) is 6.83. The molecule has 6 nitrogen and oxygen atoms in total. The lowest BCUT2D eigenvalue weighted by molar-refractivity contribution is 0.230. The third-order valence-corrected chi connectivity index (χ3v) is 3.82. The molecule has 1 atom stereocenters. The Morgan fingerprint density at radius 2 is 2.05 bits per heavy atom. The van der Waals surface area contributed by atoms with Crippen LogP contribution < -0.4 is 15.4 Å². The van der Waals surface area contributed by atoms with Gasteiger partial charge in [0.1, 0.15) is 5.75 Å². The highest BCUT2D eigenvalue weighted by molar-refractivity contribution is 5.84. The Labute approximate surface area is 119 Å². The third-order valence-electron chi connectivity index (χ3n) is 3.82. The quantitative estimate of drug-likeness (QED) is 0.371. The Kier molecular flexibility index (Phi) is 4.68. The lowest BCUT2D eigenvalue weighted by atomic mass is 10.2. The second-order valence-electron chi connectivity index (χ2n) is 4.93. The summed E-state index contributed by atoms with van der Waals surface area (Å²) < 4.78 is 5.25. The molecule has 0 bridgehead atoms. The molecule has 0 amide bonds. The number of hydrogen-bond acceptors (Lipinski definition) is 5. The van der Waals surface area contributed by atoms with Crippen LogP contribution in [0, 0.1) is 0 Å². The van der Waals surface area contributed by atoms with Gasteiger partial charge >= 0.3 is 0 Å². The van der Waals surface area contributed by atoms with E-state index in [1.54, 1.807) is 7.11 Å². The molecule has 1 aromatic rings. The molecule has 0 aromatic heterocycles. The molecule has 20 heavy (non-hydrogen) atoms. The minimum absolute atomic E-state index is 0.0348. The first kappa shape index (κ1) is 14.5. The molecule has 0 aliphatic carbocycles. The van der Waals surface area contributed by atoms with Gasteiger partial charge in [0.2, 0.25) is 0 Å². The van der Waals surface area contributed by atoms with Gasteiger partial charge in [-0.1, -0.05) is 11.2 Å². The van der Waals surface area contributed by atoms with Crippen LogP contribution in [0.25, 0.3) is 0 Å². The molecular weight excluding hydrogens is 256 g/mol. The molecule has 2 rings (SSSR count). The number of nitrogens with two attached hydrogens (primary N) is 1. The number of nitrogens with zero attached hydrogens (tertiary/aromatic N) is 3. The van der Waals surface area contributed by atoms with E-state index in [2.05, 4.69) is 21.0 Å². The maximum absolute atomic E-state index is 8.74. The molecule has 1 heterocycles. The van der Waals surface area contributed by atoms with Crippen molar-refractivity contribution in [3.05, 3.63) is 24.3 Å². The van der Waals surface area contributed by atoms with Crippen molar-refractivity contribution in [2.24, 2.45) is 10.9 Å². The topological polar surface area (TPSA) is 74.3 Å². The van der Waals surface area contributed by atoms with Crippen molar-refractivity contribution < 1.29 is 9.94 Å². The molecule has 1 unspecified atom stereocenters. The predicted molar refractivity (Wildman–Crippen MR) is 79.7 cm³/mol. The van der Waals surface area contributed by atoms with Gasteiger partial charge in [0.05, 0.1) is 13.2 Å². The zero-order chi connectivity index (χ0) is 14.5. The zero-order valence-corrected chi connectivity index (χ0v) is 12.0. The number of methoxy groups -OCH3 is 1. The maximum Gasteiger partial charge on any atom is 0.156 e. The van der Waals surface area contributed by atoms with Crippen LogP contribution in [0.5, 0.6) is 5.75 Å². The van der Waals surface area contributed by atoms with Gasteiger partial charge in [0, 0.05) is 37.9 Å². The Morgan fingerprint density at radius 1 is 1.35 bits per heavy atom. The highest BCUT2D eigenvalue weighted by Crippen LogP contribution is 2.22. The summed E-state index contributed by atoms with van der Waals surface area (Å²) in [6.07, 6.45) is 0. The summed E-state index contributed by atoms with van der Waals surface area (Å²) in [5, 5.41) is 11.8. The first-order valence-electron chi connectivity index (χ1n) is 6.76. The first-order valence-corrected chi connectivity index (χ1v) is 6.76. The average molecular weight is 278 g/mol. The molecule has 0 saturated carbocycles. The van der Waals surface area contributed by atoms with Crippen LogP contribution in [0.1, 0.15) is 6.92 Å². The van der Waals surface area contributed by atoms with Crippen molar-refractivity contribution in [2.75, 3.05) is 38.2 Å². The maximum atomic E-state index is 8.74. The first-order chi connectivity index (χ1) is 9.65. The van der Waals surface area contributed by atoms with Crippen LogP contribution in [-0.2, 0) is 0 Å². The van der Waals surface area contributed by atoms with Crippen LogP contribution in [-0.4, -0.2) is 55.3 Å². The Balaban J connectivity index is 1.97. The number of oxime groups is 1. The minimum atomic E-state index is -0.0348. The summed E-state index contributed by atoms with van der Waals surface area (Å²) in [7, 11) is 1.68.